The molecule has 0 bridgehead atoms. The molecular weight excluding hydrogens is 268 g/mol. The van der Waals surface area contributed by atoms with E-state index < -0.39 is 0 Å². The predicted molar refractivity (Wildman–Crippen MR) is 81.4 cm³/mol. The maximum Gasteiger partial charge on any atom is 0.306 e. The molecule has 0 unspecified atom stereocenters. The molecule has 1 amide bonds. The van der Waals surface area contributed by atoms with Gasteiger partial charge in [0.15, 0.2) is 0 Å². The molecule has 0 spiro atoms. The van der Waals surface area contributed by atoms with Gasteiger partial charge in [-0.05, 0) is 24.9 Å². The maximum absolute atomic E-state index is 11.5. The molecule has 0 saturated heterocycles. The van der Waals surface area contributed by atoms with Crippen molar-refractivity contribution in [2.45, 2.75) is 38.7 Å². The first kappa shape index (κ1) is 17.2. The van der Waals surface area contributed by atoms with E-state index >= 15 is 0 Å². The summed E-state index contributed by atoms with van der Waals surface area (Å²) >= 11 is 0. The number of esters is 1. The van der Waals surface area contributed by atoms with Crippen molar-refractivity contribution in [3.8, 4) is 0 Å². The molecule has 0 radical (unpaired) electrons. The van der Waals surface area contributed by atoms with Crippen LogP contribution in [-0.4, -0.2) is 25.0 Å². The number of hydrogen-bond acceptors (Lipinski definition) is 4. The van der Waals surface area contributed by atoms with Gasteiger partial charge in [0.25, 0.3) is 0 Å². The zero-order valence-corrected chi connectivity index (χ0v) is 12.3. The van der Waals surface area contributed by atoms with Gasteiger partial charge in [-0.1, -0.05) is 36.8 Å². The van der Waals surface area contributed by atoms with Crippen LogP contribution >= 0.6 is 0 Å². The molecule has 0 aliphatic rings. The molecule has 21 heavy (non-hydrogen) atoms. The van der Waals surface area contributed by atoms with Crippen LogP contribution in [0.4, 0.5) is 0 Å². The van der Waals surface area contributed by atoms with Crippen molar-refractivity contribution in [2.75, 3.05) is 13.1 Å². The van der Waals surface area contributed by atoms with E-state index in [0.29, 0.717) is 13.1 Å². The summed E-state index contributed by atoms with van der Waals surface area (Å²) in [6.45, 7) is 1.57. The third-order valence-corrected chi connectivity index (χ3v) is 3.00. The van der Waals surface area contributed by atoms with E-state index in [0.717, 1.165) is 24.8 Å². The highest BCUT2D eigenvalue weighted by Crippen LogP contribution is 2.02. The summed E-state index contributed by atoms with van der Waals surface area (Å²) in [6.07, 6.45) is 3.19. The van der Waals surface area contributed by atoms with Gasteiger partial charge in [0.1, 0.15) is 6.61 Å². The Kier molecular flexibility index (Phi) is 8.88. The number of hydrogen-bond donors (Lipinski definition) is 2. The third-order valence-electron chi connectivity index (χ3n) is 3.00. The summed E-state index contributed by atoms with van der Waals surface area (Å²) < 4.78 is 5.10. The van der Waals surface area contributed by atoms with Crippen LogP contribution in [0.5, 0.6) is 0 Å². The molecule has 3 N–H and O–H groups in total. The number of rotatable bonds is 10. The number of carbonyl (C=O) groups is 2. The topological polar surface area (TPSA) is 81.4 Å². The zero-order valence-electron chi connectivity index (χ0n) is 12.3. The van der Waals surface area contributed by atoms with Crippen LogP contribution in [0.25, 0.3) is 0 Å². The fraction of sp³-hybridized carbons (Fsp3) is 0.500. The summed E-state index contributed by atoms with van der Waals surface area (Å²) in [5.41, 5.74) is 6.32. The van der Waals surface area contributed by atoms with E-state index in [4.69, 9.17) is 10.5 Å². The lowest BCUT2D eigenvalue weighted by Gasteiger charge is -2.06. The molecule has 0 saturated carbocycles. The Morgan fingerprint density at radius 2 is 1.81 bits per heavy atom. The molecule has 1 aromatic carbocycles. The van der Waals surface area contributed by atoms with Gasteiger partial charge in [0, 0.05) is 13.0 Å². The van der Waals surface area contributed by atoms with Crippen LogP contribution in [0.2, 0.25) is 0 Å². The van der Waals surface area contributed by atoms with E-state index in [-0.39, 0.29) is 31.3 Å². The van der Waals surface area contributed by atoms with Gasteiger partial charge in [-0.25, -0.2) is 0 Å². The maximum atomic E-state index is 11.5. The molecule has 0 aliphatic heterocycles. The van der Waals surface area contributed by atoms with Crippen molar-refractivity contribution in [3.05, 3.63) is 35.9 Å². The van der Waals surface area contributed by atoms with Crippen molar-refractivity contribution in [2.24, 2.45) is 5.73 Å². The monoisotopic (exact) mass is 292 g/mol. The molecule has 0 fully saturated rings. The number of unbranched alkanes of at least 4 members (excludes halogenated alkanes) is 2. The zero-order chi connectivity index (χ0) is 15.3. The van der Waals surface area contributed by atoms with Gasteiger partial charge < -0.3 is 15.8 Å². The van der Waals surface area contributed by atoms with Crippen molar-refractivity contribution >= 4 is 11.9 Å². The van der Waals surface area contributed by atoms with E-state index in [1.807, 2.05) is 30.3 Å². The van der Waals surface area contributed by atoms with E-state index in [9.17, 15) is 9.59 Å². The second-order valence-electron chi connectivity index (χ2n) is 4.85. The Labute approximate surface area is 125 Å². The van der Waals surface area contributed by atoms with Crippen LogP contribution in [0, 0.1) is 0 Å². The minimum Gasteiger partial charge on any atom is -0.461 e. The van der Waals surface area contributed by atoms with Gasteiger partial charge >= 0.3 is 5.97 Å². The van der Waals surface area contributed by atoms with Gasteiger partial charge in [-0.2, -0.15) is 0 Å². The lowest BCUT2D eigenvalue weighted by atomic mass is 10.2. The number of carbonyl (C=O) groups excluding carboxylic acids is 2. The fourth-order valence-corrected chi connectivity index (χ4v) is 1.79. The quantitative estimate of drug-likeness (QED) is 0.508. The molecule has 0 heterocycles. The van der Waals surface area contributed by atoms with Crippen LogP contribution in [0.1, 0.15) is 37.7 Å². The predicted octanol–water partition coefficient (Wildman–Crippen LogP) is 1.76. The van der Waals surface area contributed by atoms with Crippen LogP contribution in [0.15, 0.2) is 30.3 Å². The molecular formula is C16H24N2O3. The highest BCUT2D eigenvalue weighted by Gasteiger charge is 2.07. The van der Waals surface area contributed by atoms with Gasteiger partial charge in [0.2, 0.25) is 5.91 Å². The van der Waals surface area contributed by atoms with Crippen LogP contribution < -0.4 is 11.1 Å². The molecule has 5 heteroatoms. The Balaban J connectivity index is 2.05. The number of amides is 1. The van der Waals surface area contributed by atoms with Crippen molar-refractivity contribution in [1.82, 2.24) is 5.32 Å². The van der Waals surface area contributed by atoms with E-state index in [1.54, 1.807) is 0 Å². The van der Waals surface area contributed by atoms with Crippen molar-refractivity contribution in [1.29, 1.82) is 0 Å². The van der Waals surface area contributed by atoms with E-state index in [2.05, 4.69) is 5.32 Å². The molecule has 0 aromatic heterocycles. The number of nitrogens with one attached hydrogen (secondary N) is 1. The Morgan fingerprint density at radius 1 is 1.05 bits per heavy atom. The van der Waals surface area contributed by atoms with Crippen molar-refractivity contribution < 1.29 is 14.3 Å². The Bertz CT molecular complexity index is 421. The summed E-state index contributed by atoms with van der Waals surface area (Å²) in [6, 6.07) is 9.47. The number of benzene rings is 1. The first-order valence-corrected chi connectivity index (χ1v) is 7.38. The average molecular weight is 292 g/mol. The SMILES string of the molecule is NCCCCCNC(=O)CCC(=O)OCc1ccccc1. The first-order valence-electron chi connectivity index (χ1n) is 7.38. The van der Waals surface area contributed by atoms with E-state index in [1.165, 1.54) is 0 Å². The minimum absolute atomic E-state index is 0.112. The Morgan fingerprint density at radius 3 is 2.52 bits per heavy atom. The van der Waals surface area contributed by atoms with Crippen LogP contribution in [-0.2, 0) is 20.9 Å². The lowest BCUT2D eigenvalue weighted by molar-refractivity contribution is -0.146. The standard InChI is InChI=1S/C16H24N2O3/c17-11-5-2-6-12-18-15(19)9-10-16(20)21-13-14-7-3-1-4-8-14/h1,3-4,7-8H,2,5-6,9-13,17H2,(H,18,19). The summed E-state index contributed by atoms with van der Waals surface area (Å²) in [7, 11) is 0. The lowest BCUT2D eigenvalue weighted by Crippen LogP contribution is -2.25. The number of nitrogens with two attached hydrogens (primary N) is 1. The largest absolute Gasteiger partial charge is 0.461 e. The highest BCUT2D eigenvalue weighted by atomic mass is 16.5. The molecule has 116 valence electrons. The molecule has 5 nitrogen and oxygen atoms in total. The fourth-order valence-electron chi connectivity index (χ4n) is 1.79. The smallest absolute Gasteiger partial charge is 0.306 e. The number of ether oxygens (including phenoxy) is 1. The van der Waals surface area contributed by atoms with Crippen molar-refractivity contribution in [3.63, 3.8) is 0 Å². The Hall–Kier alpha value is -1.88. The molecule has 0 atom stereocenters. The van der Waals surface area contributed by atoms with Gasteiger partial charge in [-0.3, -0.25) is 9.59 Å². The van der Waals surface area contributed by atoms with Gasteiger partial charge in [-0.15, -0.1) is 0 Å². The normalized spacial score (nSPS) is 10.1. The summed E-state index contributed by atoms with van der Waals surface area (Å²) in [5.74, 6) is -0.462. The third kappa shape index (κ3) is 8.81. The summed E-state index contributed by atoms with van der Waals surface area (Å²) in [4.78, 5) is 23.0. The molecule has 0 aliphatic carbocycles. The minimum atomic E-state index is -0.350. The highest BCUT2D eigenvalue weighted by molar-refractivity contribution is 5.81. The molecule has 1 aromatic rings. The molecule has 1 rings (SSSR count). The first-order chi connectivity index (χ1) is 10.2. The average Bonchev–Trinajstić information content (AvgIpc) is 2.51. The second-order valence-corrected chi connectivity index (χ2v) is 4.85. The second kappa shape index (κ2) is 10.9. The van der Waals surface area contributed by atoms with Crippen LogP contribution in [0.3, 0.4) is 0 Å². The van der Waals surface area contributed by atoms with Gasteiger partial charge in [0.05, 0.1) is 6.42 Å². The summed E-state index contributed by atoms with van der Waals surface area (Å²) in [5, 5.41) is 2.78.